The van der Waals surface area contributed by atoms with Crippen molar-refractivity contribution in [2.75, 3.05) is 0 Å². The van der Waals surface area contributed by atoms with E-state index in [9.17, 15) is 15.0 Å². The van der Waals surface area contributed by atoms with E-state index in [2.05, 4.69) is 0 Å². The first-order valence-corrected chi connectivity index (χ1v) is 5.96. The molecule has 96 valence electrons. The standard InChI is InChI=1S/C15H12O4/c16-11-6-4-9(5-7-11)13-8-10-2-1-3-12(17)14(10)15(18)19-13/h1-7,13,16-17H,8H2/t13-/m0/s1. The number of hydrogen-bond acceptors (Lipinski definition) is 4. The third kappa shape index (κ3) is 2.01. The van der Waals surface area contributed by atoms with Gasteiger partial charge in [0.1, 0.15) is 23.2 Å². The van der Waals surface area contributed by atoms with Crippen LogP contribution < -0.4 is 0 Å². The van der Waals surface area contributed by atoms with Crippen LogP contribution in [-0.4, -0.2) is 16.2 Å². The van der Waals surface area contributed by atoms with Gasteiger partial charge in [-0.2, -0.15) is 0 Å². The van der Waals surface area contributed by atoms with Crippen molar-refractivity contribution in [3.05, 3.63) is 59.2 Å². The van der Waals surface area contributed by atoms with Crippen LogP contribution in [0.1, 0.15) is 27.6 Å². The molecular formula is C15H12O4. The van der Waals surface area contributed by atoms with Crippen LogP contribution in [0, 0.1) is 0 Å². The third-order valence-electron chi connectivity index (χ3n) is 3.25. The van der Waals surface area contributed by atoms with E-state index >= 15 is 0 Å². The molecule has 0 spiro atoms. The van der Waals surface area contributed by atoms with Gasteiger partial charge in [-0.25, -0.2) is 4.79 Å². The van der Waals surface area contributed by atoms with Crippen LogP contribution in [-0.2, 0) is 11.2 Å². The number of phenolic OH excluding ortho intramolecular Hbond substituents is 2. The average Bonchev–Trinajstić information content (AvgIpc) is 2.39. The molecule has 4 nitrogen and oxygen atoms in total. The Morgan fingerprint density at radius 2 is 1.79 bits per heavy atom. The smallest absolute Gasteiger partial charge is 0.342 e. The van der Waals surface area contributed by atoms with Gasteiger partial charge in [0.25, 0.3) is 0 Å². The molecule has 3 rings (SSSR count). The fourth-order valence-electron chi connectivity index (χ4n) is 2.30. The van der Waals surface area contributed by atoms with Crippen molar-refractivity contribution >= 4 is 5.97 Å². The highest BCUT2D eigenvalue weighted by Crippen LogP contribution is 2.34. The Hall–Kier alpha value is -2.49. The molecule has 0 saturated carbocycles. The third-order valence-corrected chi connectivity index (χ3v) is 3.25. The minimum Gasteiger partial charge on any atom is -0.508 e. The highest BCUT2D eigenvalue weighted by Gasteiger charge is 2.29. The maximum Gasteiger partial charge on any atom is 0.342 e. The van der Waals surface area contributed by atoms with Gasteiger partial charge in [0.2, 0.25) is 0 Å². The van der Waals surface area contributed by atoms with E-state index in [0.717, 1.165) is 11.1 Å². The second-order valence-corrected chi connectivity index (χ2v) is 4.50. The minimum absolute atomic E-state index is 0.0494. The van der Waals surface area contributed by atoms with Crippen LogP contribution in [0.15, 0.2) is 42.5 Å². The number of fused-ring (bicyclic) bond motifs is 1. The number of carbonyl (C=O) groups is 1. The summed E-state index contributed by atoms with van der Waals surface area (Å²) in [5.41, 5.74) is 1.84. The lowest BCUT2D eigenvalue weighted by Gasteiger charge is -2.25. The molecule has 1 aliphatic heterocycles. The van der Waals surface area contributed by atoms with Crippen molar-refractivity contribution in [2.24, 2.45) is 0 Å². The maximum absolute atomic E-state index is 11.9. The molecule has 0 aliphatic carbocycles. The SMILES string of the molecule is O=C1O[C@H](c2ccc(O)cc2)Cc2cccc(O)c21. The molecule has 0 saturated heterocycles. The molecule has 1 heterocycles. The lowest BCUT2D eigenvalue weighted by Crippen LogP contribution is -2.21. The summed E-state index contributed by atoms with van der Waals surface area (Å²) < 4.78 is 5.34. The van der Waals surface area contributed by atoms with Crippen molar-refractivity contribution in [1.29, 1.82) is 0 Å². The van der Waals surface area contributed by atoms with Crippen LogP contribution in [0.2, 0.25) is 0 Å². The summed E-state index contributed by atoms with van der Waals surface area (Å²) >= 11 is 0. The summed E-state index contributed by atoms with van der Waals surface area (Å²) in [6.45, 7) is 0. The molecule has 4 heteroatoms. The van der Waals surface area contributed by atoms with Gasteiger partial charge in [0.05, 0.1) is 0 Å². The van der Waals surface area contributed by atoms with Gasteiger partial charge in [-0.15, -0.1) is 0 Å². The predicted molar refractivity (Wildman–Crippen MR) is 68.1 cm³/mol. The molecule has 0 amide bonds. The Morgan fingerprint density at radius 1 is 1.05 bits per heavy atom. The highest BCUT2D eigenvalue weighted by atomic mass is 16.5. The fraction of sp³-hybridized carbons (Fsp3) is 0.133. The molecule has 2 aromatic rings. The predicted octanol–water partition coefficient (Wildman–Crippen LogP) is 2.55. The number of carbonyl (C=O) groups excluding carboxylic acids is 1. The Bertz CT molecular complexity index is 631. The number of aromatic hydroxyl groups is 2. The molecule has 1 atom stereocenters. The quantitative estimate of drug-likeness (QED) is 0.769. The Kier molecular flexibility index (Phi) is 2.63. The van der Waals surface area contributed by atoms with E-state index < -0.39 is 5.97 Å². The van der Waals surface area contributed by atoms with Crippen LogP contribution in [0.4, 0.5) is 0 Å². The normalized spacial score (nSPS) is 17.7. The van der Waals surface area contributed by atoms with Gasteiger partial charge in [0.15, 0.2) is 0 Å². The number of benzene rings is 2. The first kappa shape index (κ1) is 11.6. The van der Waals surface area contributed by atoms with E-state index in [1.54, 1.807) is 30.3 Å². The van der Waals surface area contributed by atoms with E-state index in [4.69, 9.17) is 4.74 Å². The Labute approximate surface area is 109 Å². The summed E-state index contributed by atoms with van der Waals surface area (Å²) in [5.74, 6) is -0.395. The summed E-state index contributed by atoms with van der Waals surface area (Å²) in [6, 6.07) is 11.6. The molecule has 2 aromatic carbocycles. The van der Waals surface area contributed by atoms with Gasteiger partial charge >= 0.3 is 5.97 Å². The number of phenols is 2. The minimum atomic E-state index is -0.516. The molecular weight excluding hydrogens is 244 g/mol. The summed E-state index contributed by atoms with van der Waals surface area (Å²) in [7, 11) is 0. The van der Waals surface area contributed by atoms with E-state index in [0.29, 0.717) is 6.42 Å². The lowest BCUT2D eigenvalue weighted by atomic mass is 9.94. The number of ether oxygens (including phenoxy) is 1. The summed E-state index contributed by atoms with van der Waals surface area (Å²) in [6.07, 6.45) is 0.127. The van der Waals surface area contributed by atoms with Crippen molar-refractivity contribution in [3.63, 3.8) is 0 Å². The maximum atomic E-state index is 11.9. The van der Waals surface area contributed by atoms with Crippen LogP contribution in [0.3, 0.4) is 0 Å². The zero-order valence-corrected chi connectivity index (χ0v) is 10.0. The molecule has 2 N–H and O–H groups in total. The Morgan fingerprint density at radius 3 is 2.53 bits per heavy atom. The second kappa shape index (κ2) is 4.31. The topological polar surface area (TPSA) is 66.8 Å². The second-order valence-electron chi connectivity index (χ2n) is 4.50. The van der Waals surface area contributed by atoms with Gasteiger partial charge < -0.3 is 14.9 Å². The largest absolute Gasteiger partial charge is 0.508 e. The van der Waals surface area contributed by atoms with Gasteiger partial charge in [-0.3, -0.25) is 0 Å². The number of esters is 1. The van der Waals surface area contributed by atoms with Crippen molar-refractivity contribution in [2.45, 2.75) is 12.5 Å². The lowest BCUT2D eigenvalue weighted by molar-refractivity contribution is 0.0248. The summed E-state index contributed by atoms with van der Waals surface area (Å²) in [5, 5.41) is 18.9. The number of rotatable bonds is 1. The molecule has 0 unspecified atom stereocenters. The summed E-state index contributed by atoms with van der Waals surface area (Å²) in [4.78, 5) is 11.9. The van der Waals surface area contributed by atoms with E-state index in [1.165, 1.54) is 6.07 Å². The van der Waals surface area contributed by atoms with Gasteiger partial charge in [-0.05, 0) is 29.3 Å². The van der Waals surface area contributed by atoms with E-state index in [-0.39, 0.29) is 23.2 Å². The van der Waals surface area contributed by atoms with Crippen molar-refractivity contribution < 1.29 is 19.7 Å². The number of hydrogen-bond donors (Lipinski definition) is 2. The highest BCUT2D eigenvalue weighted by molar-refractivity contribution is 5.95. The van der Waals surface area contributed by atoms with Gasteiger partial charge in [-0.1, -0.05) is 24.3 Å². The zero-order chi connectivity index (χ0) is 13.4. The number of cyclic esters (lactones) is 1. The first-order valence-electron chi connectivity index (χ1n) is 5.96. The van der Waals surface area contributed by atoms with Crippen LogP contribution in [0.5, 0.6) is 11.5 Å². The molecule has 0 aromatic heterocycles. The Balaban J connectivity index is 1.97. The molecule has 0 radical (unpaired) electrons. The fourth-order valence-corrected chi connectivity index (χ4v) is 2.30. The van der Waals surface area contributed by atoms with Gasteiger partial charge in [0, 0.05) is 6.42 Å². The molecule has 19 heavy (non-hydrogen) atoms. The van der Waals surface area contributed by atoms with Crippen molar-refractivity contribution in [1.82, 2.24) is 0 Å². The average molecular weight is 256 g/mol. The van der Waals surface area contributed by atoms with Crippen molar-refractivity contribution in [3.8, 4) is 11.5 Å². The molecule has 0 fully saturated rings. The molecule has 0 bridgehead atoms. The monoisotopic (exact) mass is 256 g/mol. The van der Waals surface area contributed by atoms with Crippen LogP contribution >= 0.6 is 0 Å². The first-order chi connectivity index (χ1) is 9.15. The van der Waals surface area contributed by atoms with Crippen LogP contribution in [0.25, 0.3) is 0 Å². The van der Waals surface area contributed by atoms with E-state index in [1.807, 2.05) is 6.07 Å². The molecule has 1 aliphatic rings. The zero-order valence-electron chi connectivity index (χ0n) is 10.0.